The van der Waals surface area contributed by atoms with Crippen molar-refractivity contribution in [3.8, 4) is 11.5 Å². The lowest BCUT2D eigenvalue weighted by Gasteiger charge is -2.25. The van der Waals surface area contributed by atoms with Gasteiger partial charge in [-0.25, -0.2) is 4.39 Å². The zero-order valence-corrected chi connectivity index (χ0v) is 22.6. The molecule has 12 heteroatoms. The van der Waals surface area contributed by atoms with Gasteiger partial charge in [-0.05, 0) is 43.2 Å². The number of carboxylic acid groups (broad SMARTS) is 1. The molecule has 0 fully saturated rings. The molecule has 0 radical (unpaired) electrons. The highest BCUT2D eigenvalue weighted by atomic mass is 35.5. The third-order valence-corrected chi connectivity index (χ3v) is 5.95. The van der Waals surface area contributed by atoms with Gasteiger partial charge in [0.15, 0.2) is 11.6 Å². The van der Waals surface area contributed by atoms with E-state index in [1.807, 2.05) is 0 Å². The molecule has 2 aromatic carbocycles. The second kappa shape index (κ2) is 14.2. The molecule has 0 spiro atoms. The van der Waals surface area contributed by atoms with E-state index in [2.05, 4.69) is 10.6 Å². The molecule has 2 atom stereocenters. The molecule has 0 saturated carbocycles. The van der Waals surface area contributed by atoms with Crippen LogP contribution in [0.3, 0.4) is 0 Å². The standard InChI is InChI=1S/C27H30ClFN2O8/c1-14(2)26(31-24(34)10-17-9-16(15(3)32)5-8-23(17)38-4)27(37)30-21(12-25(35)36)22(33)13-39-18-6-7-20(29)19(28)11-18/h5-9,11,14,21,26H,10,12-13H2,1-4H3,(H,30,37)(H,31,34)(H,35,36)/t21?,26-/m0/s1. The fraction of sp³-hybridized carbons (Fsp3) is 0.370. The van der Waals surface area contributed by atoms with Gasteiger partial charge in [0.1, 0.15) is 36.0 Å². The van der Waals surface area contributed by atoms with Crippen molar-refractivity contribution >= 4 is 41.0 Å². The number of ketones is 2. The first-order valence-electron chi connectivity index (χ1n) is 11.9. The first-order chi connectivity index (χ1) is 18.3. The van der Waals surface area contributed by atoms with Gasteiger partial charge in [-0.2, -0.15) is 0 Å². The predicted octanol–water partition coefficient (Wildman–Crippen LogP) is 2.98. The maximum absolute atomic E-state index is 13.3. The van der Waals surface area contributed by atoms with Crippen LogP contribution in [0.15, 0.2) is 36.4 Å². The zero-order chi connectivity index (χ0) is 29.3. The minimum absolute atomic E-state index is 0.0757. The highest BCUT2D eigenvalue weighted by Gasteiger charge is 2.30. The second-order valence-corrected chi connectivity index (χ2v) is 9.45. The molecule has 10 nitrogen and oxygen atoms in total. The number of ether oxygens (including phenoxy) is 2. The molecule has 0 heterocycles. The Morgan fingerprint density at radius 2 is 1.74 bits per heavy atom. The summed E-state index contributed by atoms with van der Waals surface area (Å²) in [5.41, 5.74) is 0.819. The summed E-state index contributed by atoms with van der Waals surface area (Å²) in [4.78, 5) is 61.7. The minimum atomic E-state index is -1.46. The van der Waals surface area contributed by atoms with Crippen molar-refractivity contribution in [2.45, 2.75) is 45.7 Å². The molecule has 2 rings (SSSR count). The maximum Gasteiger partial charge on any atom is 0.305 e. The van der Waals surface area contributed by atoms with Gasteiger partial charge in [0, 0.05) is 17.2 Å². The zero-order valence-electron chi connectivity index (χ0n) is 21.9. The van der Waals surface area contributed by atoms with Crippen LogP contribution in [0.25, 0.3) is 0 Å². The molecule has 39 heavy (non-hydrogen) atoms. The Bertz CT molecular complexity index is 1250. The molecule has 0 aromatic heterocycles. The number of nitrogens with one attached hydrogen (secondary N) is 2. The number of benzene rings is 2. The molecular weight excluding hydrogens is 535 g/mol. The summed E-state index contributed by atoms with van der Waals surface area (Å²) in [6.07, 6.45) is -0.932. The van der Waals surface area contributed by atoms with E-state index >= 15 is 0 Å². The Balaban J connectivity index is 2.12. The smallest absolute Gasteiger partial charge is 0.305 e. The Kier molecular flexibility index (Phi) is 11.4. The molecule has 0 aliphatic heterocycles. The van der Waals surface area contributed by atoms with E-state index in [-0.39, 0.29) is 23.0 Å². The van der Waals surface area contributed by atoms with E-state index in [1.165, 1.54) is 26.2 Å². The van der Waals surface area contributed by atoms with Gasteiger partial charge in [-0.3, -0.25) is 24.0 Å². The van der Waals surface area contributed by atoms with E-state index in [1.54, 1.807) is 26.0 Å². The number of hydrogen-bond acceptors (Lipinski definition) is 7. The number of carbonyl (C=O) groups is 5. The van der Waals surface area contributed by atoms with Gasteiger partial charge in [0.25, 0.3) is 0 Å². The SMILES string of the molecule is COc1ccc(C(C)=O)cc1CC(=O)N[C@H](C(=O)NC(CC(=O)O)C(=O)COc1ccc(F)c(Cl)c1)C(C)C. The van der Waals surface area contributed by atoms with Crippen molar-refractivity contribution in [2.75, 3.05) is 13.7 Å². The molecular formula is C27H30ClFN2O8. The Labute approximate surface area is 229 Å². The fourth-order valence-corrected chi connectivity index (χ4v) is 3.74. The van der Waals surface area contributed by atoms with E-state index < -0.39 is 60.4 Å². The summed E-state index contributed by atoms with van der Waals surface area (Å²) in [5, 5.41) is 14.0. The summed E-state index contributed by atoms with van der Waals surface area (Å²) in [6, 6.07) is 5.53. The van der Waals surface area contributed by atoms with Gasteiger partial charge in [-0.1, -0.05) is 25.4 Å². The summed E-state index contributed by atoms with van der Waals surface area (Å²) < 4.78 is 23.9. The van der Waals surface area contributed by atoms with E-state index in [4.69, 9.17) is 21.1 Å². The fourth-order valence-electron chi connectivity index (χ4n) is 3.57. The lowest BCUT2D eigenvalue weighted by atomic mass is 10.0. The van der Waals surface area contributed by atoms with E-state index in [0.717, 1.165) is 12.1 Å². The van der Waals surface area contributed by atoms with Crippen molar-refractivity contribution in [2.24, 2.45) is 5.92 Å². The van der Waals surface area contributed by atoms with Gasteiger partial charge in [-0.15, -0.1) is 0 Å². The number of aliphatic carboxylic acids is 1. The molecule has 0 saturated heterocycles. The van der Waals surface area contributed by atoms with Gasteiger partial charge in [0.2, 0.25) is 11.8 Å². The third kappa shape index (κ3) is 9.36. The molecule has 0 bridgehead atoms. The number of halogens is 2. The van der Waals surface area contributed by atoms with Crippen LogP contribution in [-0.2, 0) is 25.6 Å². The normalized spacial score (nSPS) is 12.3. The van der Waals surface area contributed by atoms with Crippen LogP contribution in [-0.4, -0.2) is 60.3 Å². The first-order valence-corrected chi connectivity index (χ1v) is 12.3. The van der Waals surface area contributed by atoms with Crippen LogP contribution >= 0.6 is 11.6 Å². The predicted molar refractivity (Wildman–Crippen MR) is 140 cm³/mol. The number of carboxylic acids is 1. The molecule has 2 aromatic rings. The summed E-state index contributed by atoms with van der Waals surface area (Å²) >= 11 is 5.69. The van der Waals surface area contributed by atoms with Crippen LogP contribution in [0.1, 0.15) is 43.1 Å². The number of rotatable bonds is 14. The Morgan fingerprint density at radius 1 is 1.05 bits per heavy atom. The minimum Gasteiger partial charge on any atom is -0.496 e. The van der Waals surface area contributed by atoms with Crippen molar-refractivity contribution in [1.82, 2.24) is 10.6 Å². The van der Waals surface area contributed by atoms with Gasteiger partial charge < -0.3 is 25.2 Å². The average Bonchev–Trinajstić information content (AvgIpc) is 2.86. The highest BCUT2D eigenvalue weighted by molar-refractivity contribution is 6.30. The quantitative estimate of drug-likeness (QED) is 0.297. The largest absolute Gasteiger partial charge is 0.496 e. The average molecular weight is 565 g/mol. The monoisotopic (exact) mass is 564 g/mol. The van der Waals surface area contributed by atoms with Crippen LogP contribution < -0.4 is 20.1 Å². The van der Waals surface area contributed by atoms with Crippen LogP contribution in [0.4, 0.5) is 4.39 Å². The molecule has 2 amide bonds. The van der Waals surface area contributed by atoms with Crippen LogP contribution in [0.2, 0.25) is 5.02 Å². The lowest BCUT2D eigenvalue weighted by molar-refractivity contribution is -0.141. The molecule has 0 aliphatic carbocycles. The van der Waals surface area contributed by atoms with Crippen molar-refractivity contribution in [3.63, 3.8) is 0 Å². The topological polar surface area (TPSA) is 148 Å². The lowest BCUT2D eigenvalue weighted by Crippen LogP contribution is -2.54. The van der Waals surface area contributed by atoms with E-state index in [9.17, 15) is 33.5 Å². The van der Waals surface area contributed by atoms with Crippen molar-refractivity contribution in [3.05, 3.63) is 58.4 Å². The summed E-state index contributed by atoms with van der Waals surface area (Å²) in [5.74, 6) is -4.28. The molecule has 210 valence electrons. The van der Waals surface area contributed by atoms with Crippen LogP contribution in [0, 0.1) is 11.7 Å². The van der Waals surface area contributed by atoms with E-state index in [0.29, 0.717) is 16.9 Å². The summed E-state index contributed by atoms with van der Waals surface area (Å²) in [7, 11) is 1.42. The van der Waals surface area contributed by atoms with Crippen molar-refractivity contribution in [1.29, 1.82) is 0 Å². The number of methoxy groups -OCH3 is 1. The second-order valence-electron chi connectivity index (χ2n) is 9.04. The van der Waals surface area contributed by atoms with Gasteiger partial charge in [0.05, 0.1) is 25.0 Å². The summed E-state index contributed by atoms with van der Waals surface area (Å²) in [6.45, 7) is 4.10. The first kappa shape index (κ1) is 31.2. The Hall–Kier alpha value is -3.99. The number of hydrogen-bond donors (Lipinski definition) is 3. The van der Waals surface area contributed by atoms with Crippen molar-refractivity contribution < 1.29 is 42.9 Å². The number of Topliss-reactive ketones (excluding diaryl/α,β-unsaturated/α-hetero) is 2. The molecule has 0 aliphatic rings. The molecule has 1 unspecified atom stereocenters. The number of carbonyl (C=O) groups excluding carboxylic acids is 4. The Morgan fingerprint density at radius 3 is 2.31 bits per heavy atom. The highest BCUT2D eigenvalue weighted by Crippen LogP contribution is 2.22. The van der Waals surface area contributed by atoms with Gasteiger partial charge >= 0.3 is 5.97 Å². The number of amides is 2. The third-order valence-electron chi connectivity index (χ3n) is 5.66. The maximum atomic E-state index is 13.3. The van der Waals surface area contributed by atoms with Crippen LogP contribution in [0.5, 0.6) is 11.5 Å². The molecule has 3 N–H and O–H groups in total.